The zero-order chi connectivity index (χ0) is 15.2. The van der Waals surface area contributed by atoms with Gasteiger partial charge in [-0.1, -0.05) is 25.4 Å². The highest BCUT2D eigenvalue weighted by atomic mass is 35.5. The van der Waals surface area contributed by atoms with Crippen LogP contribution in [0.1, 0.15) is 20.3 Å². The number of rotatable bonds is 6. The molecule has 0 unspecified atom stereocenters. The zero-order valence-corrected chi connectivity index (χ0v) is 13.1. The van der Waals surface area contributed by atoms with Crippen molar-refractivity contribution in [1.29, 1.82) is 0 Å². The average molecular weight is 306 g/mol. The largest absolute Gasteiger partial charge is 0.384 e. The molecule has 112 valence electrons. The Bertz CT molecular complexity index is 628. The molecule has 2 rings (SSSR count). The number of hydrogen-bond acceptors (Lipinski definition) is 3. The molecule has 21 heavy (non-hydrogen) atoms. The SMILES string of the molecule is CC(C)CNC(=O)CCNc1ccnc2cc(Cl)ccc12. The van der Waals surface area contributed by atoms with Gasteiger partial charge in [0.15, 0.2) is 0 Å². The summed E-state index contributed by atoms with van der Waals surface area (Å²) >= 11 is 5.96. The van der Waals surface area contributed by atoms with Crippen LogP contribution in [-0.2, 0) is 4.79 Å². The Labute approximate surface area is 129 Å². The maximum atomic E-state index is 11.7. The number of aromatic nitrogens is 1. The number of nitrogens with one attached hydrogen (secondary N) is 2. The fourth-order valence-corrected chi connectivity index (χ4v) is 2.16. The van der Waals surface area contributed by atoms with Crippen LogP contribution >= 0.6 is 11.6 Å². The van der Waals surface area contributed by atoms with Gasteiger partial charge in [-0.25, -0.2) is 0 Å². The van der Waals surface area contributed by atoms with Crippen molar-refractivity contribution in [3.05, 3.63) is 35.5 Å². The number of carbonyl (C=O) groups excluding carboxylic acids is 1. The second-order valence-corrected chi connectivity index (χ2v) is 5.83. The van der Waals surface area contributed by atoms with Crippen molar-refractivity contribution in [3.8, 4) is 0 Å². The van der Waals surface area contributed by atoms with Crippen LogP contribution < -0.4 is 10.6 Å². The van der Waals surface area contributed by atoms with Crippen molar-refractivity contribution in [3.63, 3.8) is 0 Å². The highest BCUT2D eigenvalue weighted by Gasteiger charge is 2.05. The van der Waals surface area contributed by atoms with Crippen molar-refractivity contribution < 1.29 is 4.79 Å². The normalized spacial score (nSPS) is 10.9. The van der Waals surface area contributed by atoms with E-state index < -0.39 is 0 Å². The molecular weight excluding hydrogens is 286 g/mol. The van der Waals surface area contributed by atoms with Gasteiger partial charge in [0.25, 0.3) is 0 Å². The minimum Gasteiger partial charge on any atom is -0.384 e. The molecule has 0 aliphatic carbocycles. The third kappa shape index (κ3) is 4.60. The van der Waals surface area contributed by atoms with E-state index in [9.17, 15) is 4.79 Å². The Hall–Kier alpha value is -1.81. The molecule has 0 saturated carbocycles. The third-order valence-corrected chi connectivity index (χ3v) is 3.31. The van der Waals surface area contributed by atoms with Crippen LogP contribution in [0.2, 0.25) is 5.02 Å². The molecule has 1 aromatic carbocycles. The summed E-state index contributed by atoms with van der Waals surface area (Å²) in [5.74, 6) is 0.536. The number of nitrogens with zero attached hydrogens (tertiary/aromatic N) is 1. The number of benzene rings is 1. The van der Waals surface area contributed by atoms with Gasteiger partial charge in [-0.3, -0.25) is 9.78 Å². The Kier molecular flexibility index (Phi) is 5.39. The van der Waals surface area contributed by atoms with Gasteiger partial charge in [0, 0.05) is 41.8 Å². The number of halogens is 1. The molecule has 2 N–H and O–H groups in total. The summed E-state index contributed by atoms with van der Waals surface area (Å²) < 4.78 is 0. The molecule has 0 bridgehead atoms. The summed E-state index contributed by atoms with van der Waals surface area (Å²) in [6.45, 7) is 5.46. The zero-order valence-electron chi connectivity index (χ0n) is 12.3. The van der Waals surface area contributed by atoms with Crippen molar-refractivity contribution in [2.24, 2.45) is 5.92 Å². The van der Waals surface area contributed by atoms with Crippen LogP contribution in [0.3, 0.4) is 0 Å². The molecule has 1 heterocycles. The summed E-state index contributed by atoms with van der Waals surface area (Å²) in [6.07, 6.45) is 2.18. The first kappa shape index (κ1) is 15.6. The van der Waals surface area contributed by atoms with Crippen molar-refractivity contribution in [2.45, 2.75) is 20.3 Å². The lowest BCUT2D eigenvalue weighted by Crippen LogP contribution is -2.28. The Balaban J connectivity index is 1.93. The maximum absolute atomic E-state index is 11.7. The summed E-state index contributed by atoms with van der Waals surface area (Å²) in [7, 11) is 0. The van der Waals surface area contributed by atoms with Crippen molar-refractivity contribution >= 4 is 34.1 Å². The second kappa shape index (κ2) is 7.27. The molecular formula is C16H20ClN3O. The van der Waals surface area contributed by atoms with Gasteiger partial charge in [-0.15, -0.1) is 0 Å². The molecule has 2 aromatic rings. The molecule has 0 radical (unpaired) electrons. The quantitative estimate of drug-likeness (QED) is 0.859. The minimum absolute atomic E-state index is 0.0672. The first-order chi connectivity index (χ1) is 10.1. The lowest BCUT2D eigenvalue weighted by Gasteiger charge is -2.10. The summed E-state index contributed by atoms with van der Waals surface area (Å²) in [6, 6.07) is 7.51. The molecule has 0 fully saturated rings. The monoisotopic (exact) mass is 305 g/mol. The second-order valence-electron chi connectivity index (χ2n) is 5.39. The number of pyridine rings is 1. The van der Waals surface area contributed by atoms with Crippen LogP contribution in [0.4, 0.5) is 5.69 Å². The fraction of sp³-hybridized carbons (Fsp3) is 0.375. The molecule has 0 aliphatic heterocycles. The summed E-state index contributed by atoms with van der Waals surface area (Å²) in [5, 5.41) is 7.86. The van der Waals surface area contributed by atoms with E-state index in [4.69, 9.17) is 11.6 Å². The Morgan fingerprint density at radius 1 is 1.33 bits per heavy atom. The summed E-state index contributed by atoms with van der Waals surface area (Å²) in [5.41, 5.74) is 1.81. The average Bonchev–Trinajstić information content (AvgIpc) is 2.45. The van der Waals surface area contributed by atoms with E-state index in [1.54, 1.807) is 6.20 Å². The van der Waals surface area contributed by atoms with Crippen LogP contribution in [0.5, 0.6) is 0 Å². The predicted molar refractivity (Wildman–Crippen MR) is 87.7 cm³/mol. The van der Waals surface area contributed by atoms with E-state index in [0.29, 0.717) is 23.9 Å². The number of hydrogen-bond donors (Lipinski definition) is 2. The molecule has 5 heteroatoms. The van der Waals surface area contributed by atoms with Gasteiger partial charge in [-0.2, -0.15) is 0 Å². The number of fused-ring (bicyclic) bond motifs is 1. The standard InChI is InChI=1S/C16H20ClN3O/c1-11(2)10-20-16(21)6-8-18-14-5-7-19-15-9-12(17)3-4-13(14)15/h3-5,7,9,11H,6,8,10H2,1-2H3,(H,18,19)(H,20,21). The molecule has 0 saturated heterocycles. The van der Waals surface area contributed by atoms with Crippen molar-refractivity contribution in [1.82, 2.24) is 10.3 Å². The molecule has 4 nitrogen and oxygen atoms in total. The first-order valence-electron chi connectivity index (χ1n) is 7.11. The van der Waals surface area contributed by atoms with Crippen LogP contribution in [0, 0.1) is 5.92 Å². The lowest BCUT2D eigenvalue weighted by molar-refractivity contribution is -0.120. The highest BCUT2D eigenvalue weighted by molar-refractivity contribution is 6.31. The van der Waals surface area contributed by atoms with E-state index >= 15 is 0 Å². The van der Waals surface area contributed by atoms with E-state index in [1.165, 1.54) is 0 Å². The number of carbonyl (C=O) groups is 1. The number of amides is 1. The van der Waals surface area contributed by atoms with Crippen LogP contribution in [0.15, 0.2) is 30.5 Å². The molecule has 1 amide bonds. The van der Waals surface area contributed by atoms with Gasteiger partial charge in [-0.05, 0) is 30.2 Å². The highest BCUT2D eigenvalue weighted by Crippen LogP contribution is 2.24. The first-order valence-corrected chi connectivity index (χ1v) is 7.49. The van der Waals surface area contributed by atoms with E-state index in [2.05, 4.69) is 29.5 Å². The predicted octanol–water partition coefficient (Wildman–Crippen LogP) is 3.46. The smallest absolute Gasteiger partial charge is 0.221 e. The van der Waals surface area contributed by atoms with Crippen LogP contribution in [-0.4, -0.2) is 24.0 Å². The molecule has 0 spiro atoms. The van der Waals surface area contributed by atoms with Gasteiger partial charge < -0.3 is 10.6 Å². The van der Waals surface area contributed by atoms with E-state index in [0.717, 1.165) is 23.1 Å². The summed E-state index contributed by atoms with van der Waals surface area (Å²) in [4.78, 5) is 16.0. The molecule has 1 aromatic heterocycles. The van der Waals surface area contributed by atoms with Gasteiger partial charge in [0.05, 0.1) is 5.52 Å². The fourth-order valence-electron chi connectivity index (χ4n) is 1.99. The molecule has 0 atom stereocenters. The van der Waals surface area contributed by atoms with Crippen LogP contribution in [0.25, 0.3) is 10.9 Å². The third-order valence-electron chi connectivity index (χ3n) is 3.08. The van der Waals surface area contributed by atoms with Gasteiger partial charge in [0.1, 0.15) is 0 Å². The Morgan fingerprint density at radius 2 is 2.14 bits per heavy atom. The number of anilines is 1. The lowest BCUT2D eigenvalue weighted by atomic mass is 10.2. The topological polar surface area (TPSA) is 54.0 Å². The Morgan fingerprint density at radius 3 is 2.90 bits per heavy atom. The molecule has 0 aliphatic rings. The van der Waals surface area contributed by atoms with E-state index in [1.807, 2.05) is 24.3 Å². The minimum atomic E-state index is 0.0672. The van der Waals surface area contributed by atoms with Crippen molar-refractivity contribution in [2.75, 3.05) is 18.4 Å². The van der Waals surface area contributed by atoms with Gasteiger partial charge >= 0.3 is 0 Å². The maximum Gasteiger partial charge on any atom is 0.221 e. The van der Waals surface area contributed by atoms with E-state index in [-0.39, 0.29) is 5.91 Å². The van der Waals surface area contributed by atoms with Gasteiger partial charge in [0.2, 0.25) is 5.91 Å².